The predicted molar refractivity (Wildman–Crippen MR) is 69.5 cm³/mol. The molecule has 0 aromatic rings. The minimum absolute atomic E-state index is 0.229. The first-order valence-electron chi connectivity index (χ1n) is 6.99. The van der Waals surface area contributed by atoms with Crippen molar-refractivity contribution in [1.82, 2.24) is 5.32 Å². The zero-order valence-corrected chi connectivity index (χ0v) is 11.3. The molecule has 2 atom stereocenters. The first kappa shape index (κ1) is 14.0. The topological polar surface area (TPSA) is 32.3 Å². The normalized spacial score (nSPS) is 31.7. The summed E-state index contributed by atoms with van der Waals surface area (Å²) in [6.45, 7) is 8.20. The van der Waals surface area contributed by atoms with Crippen LogP contribution >= 0.6 is 0 Å². The summed E-state index contributed by atoms with van der Waals surface area (Å²) in [6.07, 6.45) is 7.41. The summed E-state index contributed by atoms with van der Waals surface area (Å²) in [6, 6.07) is 0. The van der Waals surface area contributed by atoms with Crippen molar-refractivity contribution < 1.29 is 5.11 Å². The minimum Gasteiger partial charge on any atom is -0.396 e. The third kappa shape index (κ3) is 3.74. The lowest BCUT2D eigenvalue weighted by Gasteiger charge is -2.33. The van der Waals surface area contributed by atoms with Crippen molar-refractivity contribution in [3.05, 3.63) is 0 Å². The van der Waals surface area contributed by atoms with Crippen molar-refractivity contribution in [2.24, 2.45) is 11.8 Å². The summed E-state index contributed by atoms with van der Waals surface area (Å²) in [5, 5.41) is 12.9. The third-order valence-corrected chi connectivity index (χ3v) is 4.31. The molecule has 0 aromatic carbocycles. The van der Waals surface area contributed by atoms with Crippen LogP contribution in [0.25, 0.3) is 0 Å². The van der Waals surface area contributed by atoms with Gasteiger partial charge in [0.2, 0.25) is 0 Å². The Balaban J connectivity index is 2.59. The van der Waals surface area contributed by atoms with Crippen LogP contribution in [-0.2, 0) is 0 Å². The molecule has 96 valence electrons. The summed E-state index contributed by atoms with van der Waals surface area (Å²) in [5.74, 6) is 1.70. The molecule has 0 heterocycles. The largest absolute Gasteiger partial charge is 0.396 e. The molecule has 0 radical (unpaired) electrons. The summed E-state index contributed by atoms with van der Waals surface area (Å²) in [4.78, 5) is 0. The van der Waals surface area contributed by atoms with E-state index in [4.69, 9.17) is 0 Å². The van der Waals surface area contributed by atoms with Gasteiger partial charge < -0.3 is 10.4 Å². The van der Waals surface area contributed by atoms with Gasteiger partial charge in [-0.15, -0.1) is 0 Å². The number of rotatable bonds is 5. The van der Waals surface area contributed by atoms with Gasteiger partial charge >= 0.3 is 0 Å². The van der Waals surface area contributed by atoms with Crippen molar-refractivity contribution in [1.29, 1.82) is 0 Å². The van der Waals surface area contributed by atoms with Gasteiger partial charge in [-0.05, 0) is 44.1 Å². The molecule has 0 bridgehead atoms. The maximum atomic E-state index is 9.24. The van der Waals surface area contributed by atoms with E-state index in [2.05, 4.69) is 26.1 Å². The van der Waals surface area contributed by atoms with E-state index in [1.54, 1.807) is 0 Å². The Morgan fingerprint density at radius 2 is 2.06 bits per heavy atom. The van der Waals surface area contributed by atoms with Crippen LogP contribution in [0.2, 0.25) is 0 Å². The summed E-state index contributed by atoms with van der Waals surface area (Å²) >= 11 is 0. The van der Waals surface area contributed by atoms with E-state index in [0.717, 1.165) is 24.8 Å². The molecule has 1 aliphatic rings. The van der Waals surface area contributed by atoms with E-state index in [1.165, 1.54) is 32.1 Å². The number of hydrogen-bond acceptors (Lipinski definition) is 2. The van der Waals surface area contributed by atoms with Crippen LogP contribution in [0.4, 0.5) is 0 Å². The SMILES string of the molecule is CCNC1(CCO)CCCC(C(C)C)CC1. The first-order valence-corrected chi connectivity index (χ1v) is 6.99. The Labute approximate surface area is 101 Å². The quantitative estimate of drug-likeness (QED) is 0.708. The molecule has 16 heavy (non-hydrogen) atoms. The van der Waals surface area contributed by atoms with Crippen LogP contribution in [0.1, 0.15) is 59.3 Å². The van der Waals surface area contributed by atoms with Gasteiger partial charge in [-0.2, -0.15) is 0 Å². The maximum Gasteiger partial charge on any atom is 0.0448 e. The smallest absolute Gasteiger partial charge is 0.0448 e. The molecule has 2 nitrogen and oxygen atoms in total. The molecule has 1 aliphatic carbocycles. The standard InChI is InChI=1S/C14H29NO/c1-4-15-14(10-11-16)8-5-6-13(7-9-14)12(2)3/h12-13,15-16H,4-11H2,1-3H3. The fraction of sp³-hybridized carbons (Fsp3) is 1.00. The van der Waals surface area contributed by atoms with Crippen LogP contribution in [0.15, 0.2) is 0 Å². The van der Waals surface area contributed by atoms with Gasteiger partial charge in [0.05, 0.1) is 0 Å². The van der Waals surface area contributed by atoms with E-state index in [1.807, 2.05) is 0 Å². The Morgan fingerprint density at radius 3 is 2.62 bits per heavy atom. The number of aliphatic hydroxyl groups excluding tert-OH is 1. The molecule has 0 aromatic heterocycles. The van der Waals surface area contributed by atoms with Gasteiger partial charge in [-0.25, -0.2) is 0 Å². The summed E-state index contributed by atoms with van der Waals surface area (Å²) in [5.41, 5.74) is 0.229. The first-order chi connectivity index (χ1) is 7.63. The van der Waals surface area contributed by atoms with Gasteiger partial charge in [0.25, 0.3) is 0 Å². The zero-order valence-electron chi connectivity index (χ0n) is 11.3. The molecule has 1 fully saturated rings. The lowest BCUT2D eigenvalue weighted by Crippen LogP contribution is -2.45. The molecule has 1 saturated carbocycles. The second kappa shape index (κ2) is 6.61. The third-order valence-electron chi connectivity index (χ3n) is 4.31. The molecule has 1 rings (SSSR count). The Morgan fingerprint density at radius 1 is 1.31 bits per heavy atom. The predicted octanol–water partition coefficient (Wildman–Crippen LogP) is 2.95. The monoisotopic (exact) mass is 227 g/mol. The maximum absolute atomic E-state index is 9.24. The fourth-order valence-corrected chi connectivity index (χ4v) is 3.20. The lowest BCUT2D eigenvalue weighted by atomic mass is 9.85. The number of hydrogen-bond donors (Lipinski definition) is 2. The van der Waals surface area contributed by atoms with Crippen LogP contribution in [0, 0.1) is 11.8 Å². The van der Waals surface area contributed by atoms with Gasteiger partial charge in [-0.1, -0.05) is 33.6 Å². The van der Waals surface area contributed by atoms with E-state index in [0.29, 0.717) is 6.61 Å². The highest BCUT2D eigenvalue weighted by Crippen LogP contribution is 2.35. The minimum atomic E-state index is 0.229. The molecule has 2 unspecified atom stereocenters. The average molecular weight is 227 g/mol. The van der Waals surface area contributed by atoms with Crippen molar-refractivity contribution in [3.63, 3.8) is 0 Å². The van der Waals surface area contributed by atoms with Crippen LogP contribution in [-0.4, -0.2) is 23.8 Å². The van der Waals surface area contributed by atoms with E-state index in [-0.39, 0.29) is 5.54 Å². The second-order valence-corrected chi connectivity index (χ2v) is 5.72. The zero-order chi connectivity index (χ0) is 12.0. The van der Waals surface area contributed by atoms with Crippen LogP contribution in [0.3, 0.4) is 0 Å². The van der Waals surface area contributed by atoms with E-state index >= 15 is 0 Å². The molecule has 0 amide bonds. The van der Waals surface area contributed by atoms with Gasteiger partial charge in [-0.3, -0.25) is 0 Å². The second-order valence-electron chi connectivity index (χ2n) is 5.72. The molecule has 0 saturated heterocycles. The highest BCUT2D eigenvalue weighted by molar-refractivity contribution is 4.91. The van der Waals surface area contributed by atoms with Gasteiger partial charge in [0, 0.05) is 12.1 Å². The van der Waals surface area contributed by atoms with Crippen LogP contribution < -0.4 is 5.32 Å². The van der Waals surface area contributed by atoms with Crippen molar-refractivity contribution >= 4 is 0 Å². The highest BCUT2D eigenvalue weighted by Gasteiger charge is 2.32. The Bertz CT molecular complexity index is 185. The van der Waals surface area contributed by atoms with Crippen molar-refractivity contribution in [2.75, 3.05) is 13.2 Å². The highest BCUT2D eigenvalue weighted by atomic mass is 16.3. The number of nitrogens with one attached hydrogen (secondary N) is 1. The van der Waals surface area contributed by atoms with Gasteiger partial charge in [0.15, 0.2) is 0 Å². The molecule has 2 N–H and O–H groups in total. The Hall–Kier alpha value is -0.0800. The van der Waals surface area contributed by atoms with Crippen molar-refractivity contribution in [3.8, 4) is 0 Å². The summed E-state index contributed by atoms with van der Waals surface area (Å²) in [7, 11) is 0. The fourth-order valence-electron chi connectivity index (χ4n) is 3.20. The number of aliphatic hydroxyl groups is 1. The lowest BCUT2D eigenvalue weighted by molar-refractivity contribution is 0.190. The Kier molecular flexibility index (Phi) is 5.77. The molecule has 0 spiro atoms. The average Bonchev–Trinajstić information content (AvgIpc) is 2.42. The van der Waals surface area contributed by atoms with E-state index in [9.17, 15) is 5.11 Å². The summed E-state index contributed by atoms with van der Waals surface area (Å²) < 4.78 is 0. The van der Waals surface area contributed by atoms with Crippen LogP contribution in [0.5, 0.6) is 0 Å². The van der Waals surface area contributed by atoms with E-state index < -0.39 is 0 Å². The molecular weight excluding hydrogens is 198 g/mol. The van der Waals surface area contributed by atoms with Crippen molar-refractivity contribution in [2.45, 2.75) is 64.8 Å². The molecule has 2 heteroatoms. The molecule has 0 aliphatic heterocycles. The molecular formula is C14H29NO. The van der Waals surface area contributed by atoms with Gasteiger partial charge in [0.1, 0.15) is 0 Å².